The molecule has 2 atom stereocenters. The molecule has 2 aromatic rings. The number of piperidine rings is 1. The first kappa shape index (κ1) is 25.9. The highest BCUT2D eigenvalue weighted by Gasteiger charge is 2.42. The maximum Gasteiger partial charge on any atom is 0.315 e. The molecule has 2 aromatic carbocycles. The number of nitrogens with one attached hydrogen (secondary N) is 4. The van der Waals surface area contributed by atoms with Gasteiger partial charge in [0.25, 0.3) is 11.8 Å². The number of anilines is 1. The molecule has 10 nitrogen and oxygen atoms in total. The monoisotopic (exact) mass is 523 g/mol. The number of nitrogens with zero attached hydrogens (tertiary/aromatic N) is 1. The molecule has 4 rings (SSSR count). The highest BCUT2D eigenvalue weighted by molar-refractivity contribution is 6.31. The molecule has 6 amide bonds. The Labute approximate surface area is 218 Å². The number of urea groups is 1. The summed E-state index contributed by atoms with van der Waals surface area (Å²) in [4.78, 5) is 62.2. The van der Waals surface area contributed by atoms with Crippen LogP contribution in [0.4, 0.5) is 10.5 Å². The Morgan fingerprint density at radius 2 is 1.95 bits per heavy atom. The van der Waals surface area contributed by atoms with Crippen molar-refractivity contribution in [3.05, 3.63) is 76.0 Å². The normalized spacial score (nSPS) is 18.3. The lowest BCUT2D eigenvalue weighted by Crippen LogP contribution is -2.54. The summed E-state index contributed by atoms with van der Waals surface area (Å²) < 4.78 is 0. The van der Waals surface area contributed by atoms with Crippen LogP contribution in [0.25, 0.3) is 0 Å². The Hall–Kier alpha value is -4.18. The van der Waals surface area contributed by atoms with E-state index in [1.165, 1.54) is 0 Å². The zero-order valence-electron chi connectivity index (χ0n) is 20.3. The van der Waals surface area contributed by atoms with E-state index in [0.29, 0.717) is 17.3 Å². The van der Waals surface area contributed by atoms with Crippen molar-refractivity contribution in [2.45, 2.75) is 45.3 Å². The Morgan fingerprint density at radius 3 is 2.68 bits per heavy atom. The van der Waals surface area contributed by atoms with Gasteiger partial charge in [0.15, 0.2) is 0 Å². The van der Waals surface area contributed by atoms with E-state index >= 15 is 0 Å². The van der Waals surface area contributed by atoms with E-state index < -0.39 is 29.7 Å². The highest BCUT2D eigenvalue weighted by atomic mass is 35.5. The topological polar surface area (TPSA) is 137 Å². The largest absolute Gasteiger partial charge is 0.351 e. The van der Waals surface area contributed by atoms with Crippen LogP contribution in [0, 0.1) is 6.92 Å². The molecule has 0 radical (unpaired) electrons. The Balaban J connectivity index is 1.35. The fourth-order valence-corrected chi connectivity index (χ4v) is 4.29. The van der Waals surface area contributed by atoms with Gasteiger partial charge in [-0.2, -0.15) is 0 Å². The lowest BCUT2D eigenvalue weighted by atomic mass is 10.0. The van der Waals surface area contributed by atoms with E-state index in [1.54, 1.807) is 24.3 Å². The number of benzene rings is 2. The molecule has 4 N–H and O–H groups in total. The summed E-state index contributed by atoms with van der Waals surface area (Å²) in [6.45, 7) is 4.05. The number of aryl methyl sites for hydroxylation is 1. The maximum absolute atomic E-state index is 12.9. The van der Waals surface area contributed by atoms with Gasteiger partial charge in [-0.05, 0) is 55.2 Å². The number of hydrogen-bond donors (Lipinski definition) is 4. The summed E-state index contributed by atoms with van der Waals surface area (Å²) in [6, 6.07) is 10.8. The number of imide groups is 2. The van der Waals surface area contributed by atoms with Gasteiger partial charge in [0.1, 0.15) is 11.7 Å². The minimum absolute atomic E-state index is 0.0171. The molecule has 2 aliphatic heterocycles. The van der Waals surface area contributed by atoms with Gasteiger partial charge in [0.05, 0.1) is 6.04 Å². The third kappa shape index (κ3) is 5.97. The minimum atomic E-state index is -1.03. The van der Waals surface area contributed by atoms with Crippen molar-refractivity contribution in [3.63, 3.8) is 0 Å². The van der Waals surface area contributed by atoms with Gasteiger partial charge in [0.2, 0.25) is 11.8 Å². The van der Waals surface area contributed by atoms with Gasteiger partial charge < -0.3 is 16.0 Å². The van der Waals surface area contributed by atoms with Crippen LogP contribution >= 0.6 is 11.6 Å². The van der Waals surface area contributed by atoms with E-state index in [4.69, 9.17) is 11.6 Å². The zero-order chi connectivity index (χ0) is 26.7. The molecule has 1 saturated heterocycles. The summed E-state index contributed by atoms with van der Waals surface area (Å²) >= 11 is 6.04. The second kappa shape index (κ2) is 10.8. The third-order valence-electron chi connectivity index (χ3n) is 6.16. The van der Waals surface area contributed by atoms with E-state index in [9.17, 15) is 24.0 Å². The van der Waals surface area contributed by atoms with Crippen LogP contribution in [0.2, 0.25) is 5.02 Å². The number of hydrogen-bond acceptors (Lipinski definition) is 6. The summed E-state index contributed by atoms with van der Waals surface area (Å²) in [7, 11) is 0. The first-order valence-electron chi connectivity index (χ1n) is 11.7. The zero-order valence-corrected chi connectivity index (χ0v) is 21.0. The number of rotatable bonds is 7. The van der Waals surface area contributed by atoms with Crippen LogP contribution in [-0.2, 0) is 25.7 Å². The average Bonchev–Trinajstić information content (AvgIpc) is 3.12. The number of carbonyl (C=O) groups excluding carboxylic acids is 5. The standard InChI is InChI=1S/C26H26ClN5O5/c1-14-10-16(6-7-19(14)27)13-28-26(37)29-15(2)17-4-3-5-18(11-17)30-20-12-23(34)32(25(20)36)21-8-9-22(33)31-24(21)35/h3-7,10-12,15,21,30H,8-9,13H2,1-2H3,(H2,28,29,37)(H,31,33,35). The highest BCUT2D eigenvalue weighted by Crippen LogP contribution is 2.24. The van der Waals surface area contributed by atoms with Crippen LogP contribution in [-0.4, -0.2) is 40.6 Å². The Bertz CT molecular complexity index is 1320. The molecule has 11 heteroatoms. The summed E-state index contributed by atoms with van der Waals surface area (Å²) in [5.74, 6) is -2.37. The maximum atomic E-state index is 12.9. The van der Waals surface area contributed by atoms with Crippen molar-refractivity contribution in [1.29, 1.82) is 0 Å². The predicted molar refractivity (Wildman–Crippen MR) is 136 cm³/mol. The third-order valence-corrected chi connectivity index (χ3v) is 6.59. The predicted octanol–water partition coefficient (Wildman–Crippen LogP) is 2.68. The Kier molecular flexibility index (Phi) is 7.58. The van der Waals surface area contributed by atoms with Gasteiger partial charge in [0, 0.05) is 29.8 Å². The van der Waals surface area contributed by atoms with Gasteiger partial charge in [-0.1, -0.05) is 35.9 Å². The van der Waals surface area contributed by atoms with Crippen molar-refractivity contribution in [1.82, 2.24) is 20.9 Å². The minimum Gasteiger partial charge on any atom is -0.351 e. The molecule has 0 aliphatic carbocycles. The quantitative estimate of drug-likeness (QED) is 0.412. The molecule has 192 valence electrons. The molecule has 0 bridgehead atoms. The smallest absolute Gasteiger partial charge is 0.315 e. The van der Waals surface area contributed by atoms with Gasteiger partial charge >= 0.3 is 6.03 Å². The van der Waals surface area contributed by atoms with Crippen molar-refractivity contribution in [2.75, 3.05) is 5.32 Å². The van der Waals surface area contributed by atoms with E-state index in [0.717, 1.165) is 27.7 Å². The molecule has 1 fully saturated rings. The number of carbonyl (C=O) groups is 5. The van der Waals surface area contributed by atoms with E-state index in [-0.39, 0.29) is 30.6 Å². The van der Waals surface area contributed by atoms with Crippen molar-refractivity contribution < 1.29 is 24.0 Å². The van der Waals surface area contributed by atoms with Crippen LogP contribution < -0.4 is 21.3 Å². The molecule has 2 unspecified atom stereocenters. The lowest BCUT2D eigenvalue weighted by molar-refractivity contribution is -0.149. The van der Waals surface area contributed by atoms with Crippen LogP contribution in [0.3, 0.4) is 0 Å². The van der Waals surface area contributed by atoms with Crippen LogP contribution in [0.5, 0.6) is 0 Å². The SMILES string of the molecule is Cc1cc(CNC(=O)NC(C)c2cccc(NC3=CC(=O)N(C4CCC(=O)NC4=O)C3=O)c2)ccc1Cl. The van der Waals surface area contributed by atoms with Crippen LogP contribution in [0.1, 0.15) is 42.5 Å². The second-order valence-electron chi connectivity index (χ2n) is 8.92. The summed E-state index contributed by atoms with van der Waals surface area (Å²) in [5, 5.41) is 11.4. The molecule has 2 aliphatic rings. The first-order valence-corrected chi connectivity index (χ1v) is 12.1. The Morgan fingerprint density at radius 1 is 1.16 bits per heavy atom. The lowest BCUT2D eigenvalue weighted by Gasteiger charge is -2.28. The van der Waals surface area contributed by atoms with Gasteiger partial charge in [-0.25, -0.2) is 4.79 Å². The van der Waals surface area contributed by atoms with Crippen LogP contribution in [0.15, 0.2) is 54.2 Å². The molecule has 0 saturated carbocycles. The molecule has 0 aromatic heterocycles. The van der Waals surface area contributed by atoms with Crippen molar-refractivity contribution in [3.8, 4) is 0 Å². The fourth-order valence-electron chi connectivity index (χ4n) is 4.17. The fraction of sp³-hybridized carbons (Fsp3) is 0.269. The number of amides is 6. The van der Waals surface area contributed by atoms with Crippen molar-refractivity contribution >= 4 is 46.9 Å². The summed E-state index contributed by atoms with van der Waals surface area (Å²) in [6.07, 6.45) is 1.27. The molecular formula is C26H26ClN5O5. The van der Waals surface area contributed by atoms with E-state index in [1.807, 2.05) is 32.0 Å². The average molecular weight is 524 g/mol. The van der Waals surface area contributed by atoms with Gasteiger partial charge in [-0.15, -0.1) is 0 Å². The second-order valence-corrected chi connectivity index (χ2v) is 9.33. The van der Waals surface area contributed by atoms with Crippen molar-refractivity contribution in [2.24, 2.45) is 0 Å². The molecule has 37 heavy (non-hydrogen) atoms. The summed E-state index contributed by atoms with van der Waals surface area (Å²) in [5.41, 5.74) is 3.16. The van der Waals surface area contributed by atoms with E-state index in [2.05, 4.69) is 21.3 Å². The first-order chi connectivity index (χ1) is 17.6. The number of halogens is 1. The molecule has 0 spiro atoms. The molecule has 2 heterocycles. The van der Waals surface area contributed by atoms with Gasteiger partial charge in [-0.3, -0.25) is 29.4 Å². The molecular weight excluding hydrogens is 498 g/mol.